The summed E-state index contributed by atoms with van der Waals surface area (Å²) in [6, 6.07) is 4.65. The molecule has 2 rings (SSSR count). The van der Waals surface area contributed by atoms with Crippen molar-refractivity contribution >= 4 is 41.0 Å². The van der Waals surface area contributed by atoms with Crippen LogP contribution in [0, 0.1) is 11.8 Å². The average molecular weight is 443 g/mol. The molecule has 1 aliphatic rings. The van der Waals surface area contributed by atoms with E-state index in [1.165, 1.54) is 6.07 Å². The number of hydrogen-bond donors (Lipinski definition) is 3. The molecule has 0 spiro atoms. The smallest absolute Gasteiger partial charge is 0.307 e. The fraction of sp³-hybridized carbons (Fsp3) is 0.450. The van der Waals surface area contributed by atoms with Crippen molar-refractivity contribution in [3.05, 3.63) is 39.4 Å². The number of benzene rings is 1. The molecule has 1 aliphatic carbocycles. The number of amides is 2. The van der Waals surface area contributed by atoms with Crippen molar-refractivity contribution in [1.29, 1.82) is 0 Å². The van der Waals surface area contributed by atoms with Crippen LogP contribution >= 0.6 is 23.2 Å². The van der Waals surface area contributed by atoms with Crippen molar-refractivity contribution in [3.8, 4) is 5.75 Å². The van der Waals surface area contributed by atoms with Crippen LogP contribution in [0.25, 0.3) is 0 Å². The van der Waals surface area contributed by atoms with Crippen LogP contribution in [0.3, 0.4) is 0 Å². The van der Waals surface area contributed by atoms with Crippen molar-refractivity contribution in [2.75, 3.05) is 0 Å². The Morgan fingerprint density at radius 2 is 1.76 bits per heavy atom. The summed E-state index contributed by atoms with van der Waals surface area (Å²) in [5.41, 5.74) is 6.62. The number of carboxylic acids is 1. The molecule has 7 nitrogen and oxygen atoms in total. The molecule has 0 aliphatic heterocycles. The maximum absolute atomic E-state index is 12.5. The van der Waals surface area contributed by atoms with E-state index in [4.69, 9.17) is 27.9 Å². The van der Waals surface area contributed by atoms with Crippen molar-refractivity contribution in [2.45, 2.75) is 46.1 Å². The van der Waals surface area contributed by atoms with Gasteiger partial charge < -0.3 is 9.84 Å². The normalized spacial score (nSPS) is 20.0. The number of carbonyl (C=O) groups excluding carboxylic acids is 2. The lowest BCUT2D eigenvalue weighted by atomic mass is 9.76. The summed E-state index contributed by atoms with van der Waals surface area (Å²) in [7, 11) is 0. The Morgan fingerprint density at radius 1 is 1.14 bits per heavy atom. The van der Waals surface area contributed by atoms with Crippen LogP contribution in [0.4, 0.5) is 0 Å². The van der Waals surface area contributed by atoms with Gasteiger partial charge >= 0.3 is 5.97 Å². The highest BCUT2D eigenvalue weighted by Gasteiger charge is 2.37. The van der Waals surface area contributed by atoms with Gasteiger partial charge in [-0.3, -0.25) is 25.2 Å². The van der Waals surface area contributed by atoms with Gasteiger partial charge in [0.2, 0.25) is 5.91 Å². The topological polar surface area (TPSA) is 105 Å². The monoisotopic (exact) mass is 442 g/mol. The molecule has 29 heavy (non-hydrogen) atoms. The third-order valence-corrected chi connectivity index (χ3v) is 5.60. The number of hydrazine groups is 1. The zero-order valence-electron chi connectivity index (χ0n) is 16.4. The Morgan fingerprint density at radius 3 is 2.34 bits per heavy atom. The van der Waals surface area contributed by atoms with E-state index < -0.39 is 35.7 Å². The van der Waals surface area contributed by atoms with Gasteiger partial charge in [-0.2, -0.15) is 0 Å². The van der Waals surface area contributed by atoms with Gasteiger partial charge in [-0.05, 0) is 45.2 Å². The fourth-order valence-corrected chi connectivity index (χ4v) is 3.49. The molecular weight excluding hydrogens is 419 g/mol. The van der Waals surface area contributed by atoms with Gasteiger partial charge in [0.25, 0.3) is 5.91 Å². The molecule has 1 aromatic rings. The second kappa shape index (κ2) is 9.98. The fourth-order valence-electron chi connectivity index (χ4n) is 3.17. The SMILES string of the molecule is CCC(Oc1cc(Cl)ccc1Cl)C(=O)NNC(=O)C1CC(C)=C(C)CC1C(=O)O. The van der Waals surface area contributed by atoms with Crippen LogP contribution in [0.1, 0.15) is 40.0 Å². The second-order valence-electron chi connectivity index (χ2n) is 7.09. The van der Waals surface area contributed by atoms with E-state index >= 15 is 0 Å². The highest BCUT2D eigenvalue weighted by Crippen LogP contribution is 2.34. The zero-order valence-corrected chi connectivity index (χ0v) is 17.9. The first kappa shape index (κ1) is 23.0. The van der Waals surface area contributed by atoms with Crippen molar-refractivity contribution in [1.82, 2.24) is 10.9 Å². The highest BCUT2D eigenvalue weighted by atomic mass is 35.5. The maximum atomic E-state index is 12.5. The standard InChI is InChI=1S/C20H24Cl2N2O5/c1-4-16(29-17-9-12(21)5-6-15(17)22)19(26)24-23-18(25)13-7-10(2)11(3)8-14(13)20(27)28/h5-6,9,13-14,16H,4,7-8H2,1-3H3,(H,23,25)(H,24,26)(H,27,28). The number of nitrogens with one attached hydrogen (secondary N) is 2. The highest BCUT2D eigenvalue weighted by molar-refractivity contribution is 6.34. The zero-order chi connectivity index (χ0) is 21.7. The van der Waals surface area contributed by atoms with Gasteiger partial charge in [0.05, 0.1) is 16.9 Å². The van der Waals surface area contributed by atoms with E-state index in [9.17, 15) is 19.5 Å². The van der Waals surface area contributed by atoms with E-state index in [-0.39, 0.29) is 5.75 Å². The van der Waals surface area contributed by atoms with Gasteiger partial charge in [-0.15, -0.1) is 0 Å². The molecule has 3 atom stereocenters. The molecule has 0 radical (unpaired) electrons. The molecule has 2 amide bonds. The van der Waals surface area contributed by atoms with Crippen molar-refractivity contribution < 1.29 is 24.2 Å². The molecule has 0 aromatic heterocycles. The van der Waals surface area contributed by atoms with Gasteiger partial charge in [-0.25, -0.2) is 0 Å². The van der Waals surface area contributed by atoms with Crippen molar-refractivity contribution in [3.63, 3.8) is 0 Å². The Labute approximate surface area is 179 Å². The minimum Gasteiger partial charge on any atom is -0.481 e. The predicted octanol–water partition coefficient (Wildman–Crippen LogP) is 3.75. The summed E-state index contributed by atoms with van der Waals surface area (Å²) in [6.45, 7) is 5.48. The van der Waals surface area contributed by atoms with Gasteiger partial charge in [0, 0.05) is 11.1 Å². The molecule has 158 valence electrons. The van der Waals surface area contributed by atoms with Crippen LogP contribution in [-0.2, 0) is 14.4 Å². The summed E-state index contributed by atoms with van der Waals surface area (Å²) in [5.74, 6) is -3.51. The number of carbonyl (C=O) groups is 3. The first-order chi connectivity index (χ1) is 13.6. The Balaban J connectivity index is 2.01. The lowest BCUT2D eigenvalue weighted by Crippen LogP contribution is -2.51. The first-order valence-corrected chi connectivity index (χ1v) is 9.99. The minimum absolute atomic E-state index is 0.252. The molecular formula is C20H24Cl2N2O5. The van der Waals surface area contributed by atoms with Gasteiger partial charge in [0.1, 0.15) is 5.75 Å². The number of allylic oxidation sites excluding steroid dienone is 2. The lowest BCUT2D eigenvalue weighted by molar-refractivity contribution is -0.148. The number of rotatable bonds is 6. The number of halogens is 2. The Bertz CT molecular complexity index is 840. The maximum Gasteiger partial charge on any atom is 0.307 e. The molecule has 0 saturated heterocycles. The van der Waals surface area contributed by atoms with Gasteiger partial charge in [-0.1, -0.05) is 41.3 Å². The van der Waals surface area contributed by atoms with Gasteiger partial charge in [0.15, 0.2) is 6.10 Å². The Hall–Kier alpha value is -2.25. The molecule has 1 aromatic carbocycles. The molecule has 3 N–H and O–H groups in total. The van der Waals surface area contributed by atoms with E-state index in [2.05, 4.69) is 10.9 Å². The molecule has 0 heterocycles. The molecule has 0 fully saturated rings. The Kier molecular flexibility index (Phi) is 7.93. The molecule has 0 saturated carbocycles. The van der Waals surface area contributed by atoms with Crippen LogP contribution in [0.2, 0.25) is 10.0 Å². The molecule has 9 heteroatoms. The van der Waals surface area contributed by atoms with Crippen LogP contribution in [-0.4, -0.2) is 29.0 Å². The quantitative estimate of drug-likeness (QED) is 0.459. The number of carboxylic acid groups (broad SMARTS) is 1. The molecule has 0 bridgehead atoms. The summed E-state index contributed by atoms with van der Waals surface area (Å²) >= 11 is 12.0. The summed E-state index contributed by atoms with van der Waals surface area (Å²) in [6.07, 6.45) is 0.0290. The third-order valence-electron chi connectivity index (χ3n) is 5.06. The number of hydrogen-bond acceptors (Lipinski definition) is 4. The third kappa shape index (κ3) is 5.87. The minimum atomic E-state index is -1.03. The van der Waals surface area contributed by atoms with Crippen molar-refractivity contribution in [2.24, 2.45) is 11.8 Å². The van der Waals surface area contributed by atoms with Crippen LogP contribution < -0.4 is 15.6 Å². The van der Waals surface area contributed by atoms with E-state index in [1.807, 2.05) is 13.8 Å². The molecule has 3 unspecified atom stereocenters. The van der Waals surface area contributed by atoms with E-state index in [0.29, 0.717) is 29.3 Å². The van der Waals surface area contributed by atoms with Crippen LogP contribution in [0.15, 0.2) is 29.3 Å². The largest absolute Gasteiger partial charge is 0.481 e. The number of aliphatic carboxylic acids is 1. The second-order valence-corrected chi connectivity index (χ2v) is 7.93. The average Bonchev–Trinajstić information content (AvgIpc) is 2.67. The summed E-state index contributed by atoms with van der Waals surface area (Å²) < 4.78 is 5.62. The summed E-state index contributed by atoms with van der Waals surface area (Å²) in [5, 5.41) is 10.2. The predicted molar refractivity (Wildman–Crippen MR) is 110 cm³/mol. The van der Waals surface area contributed by atoms with E-state index in [0.717, 1.165) is 11.1 Å². The lowest BCUT2D eigenvalue weighted by Gasteiger charge is -2.29. The number of ether oxygens (including phenoxy) is 1. The summed E-state index contributed by atoms with van der Waals surface area (Å²) in [4.78, 5) is 36.5. The van der Waals surface area contributed by atoms with Crippen LogP contribution in [0.5, 0.6) is 5.75 Å². The first-order valence-electron chi connectivity index (χ1n) is 9.23. The van der Waals surface area contributed by atoms with E-state index in [1.54, 1.807) is 19.1 Å².